The summed E-state index contributed by atoms with van der Waals surface area (Å²) >= 11 is 0. The number of ether oxygens (including phenoxy) is 2. The van der Waals surface area contributed by atoms with E-state index in [4.69, 9.17) is 9.47 Å². The number of aromatic nitrogens is 2. The number of carbonyl (C=O) groups excluding carboxylic acids is 1. The summed E-state index contributed by atoms with van der Waals surface area (Å²) in [5.74, 6) is 0.985. The van der Waals surface area contributed by atoms with Gasteiger partial charge in [0.1, 0.15) is 11.5 Å². The van der Waals surface area contributed by atoms with Gasteiger partial charge in [0.2, 0.25) is 0 Å². The average molecular weight is 476 g/mol. The molecule has 0 radical (unpaired) electrons. The number of methoxy groups -OCH3 is 1. The third-order valence-electron chi connectivity index (χ3n) is 5.66. The van der Waals surface area contributed by atoms with Gasteiger partial charge in [0.05, 0.1) is 25.3 Å². The van der Waals surface area contributed by atoms with Gasteiger partial charge in [-0.15, -0.1) is 12.8 Å². The molecule has 6 heteroatoms. The van der Waals surface area contributed by atoms with Crippen molar-refractivity contribution in [3.8, 4) is 29.7 Å². The molecule has 0 fully saturated rings. The van der Waals surface area contributed by atoms with Crippen molar-refractivity contribution in [1.82, 2.24) is 10.2 Å². The van der Waals surface area contributed by atoms with E-state index in [0.717, 1.165) is 46.7 Å². The Morgan fingerprint density at radius 2 is 1.94 bits per heavy atom. The summed E-state index contributed by atoms with van der Waals surface area (Å²) in [5.41, 5.74) is 5.25. The Kier molecular flexibility index (Phi) is 11.6. The van der Waals surface area contributed by atoms with Gasteiger partial charge in [0.25, 0.3) is 0 Å². The van der Waals surface area contributed by atoms with Gasteiger partial charge in [-0.3, -0.25) is 9.89 Å². The van der Waals surface area contributed by atoms with E-state index in [9.17, 15) is 4.79 Å². The van der Waals surface area contributed by atoms with Crippen LogP contribution < -0.4 is 9.64 Å². The predicted molar refractivity (Wildman–Crippen MR) is 143 cm³/mol. The fourth-order valence-electron chi connectivity index (χ4n) is 3.87. The van der Waals surface area contributed by atoms with E-state index in [1.807, 2.05) is 43.6 Å². The van der Waals surface area contributed by atoms with Crippen LogP contribution in [0.15, 0.2) is 54.9 Å². The van der Waals surface area contributed by atoms with E-state index in [1.165, 1.54) is 6.42 Å². The predicted octanol–water partition coefficient (Wildman–Crippen LogP) is 5.19. The largest absolute Gasteiger partial charge is 0.493 e. The first-order valence-corrected chi connectivity index (χ1v) is 12.0. The second kappa shape index (κ2) is 14.6. The SMILES string of the molecule is C#C.CCC.COCCN(C)c1cc(-c2cn[nH]c2)ccc1CC(=O)C1COc2ccccc2C1. The topological polar surface area (TPSA) is 67.5 Å². The fourth-order valence-corrected chi connectivity index (χ4v) is 3.87. The normalized spacial score (nSPS) is 13.7. The summed E-state index contributed by atoms with van der Waals surface area (Å²) < 4.78 is 11.1. The van der Waals surface area contributed by atoms with Crippen LogP contribution in [0.1, 0.15) is 31.4 Å². The molecular formula is C29H37N3O3. The summed E-state index contributed by atoms with van der Waals surface area (Å²) in [6.07, 6.45) is 14.0. The number of H-pyrrole nitrogens is 1. The van der Waals surface area contributed by atoms with Crippen LogP contribution >= 0.6 is 0 Å². The van der Waals surface area contributed by atoms with Crippen LogP contribution in [0.5, 0.6) is 5.75 Å². The molecular weight excluding hydrogens is 438 g/mol. The Morgan fingerprint density at radius 3 is 2.63 bits per heavy atom. The van der Waals surface area contributed by atoms with Crippen LogP contribution in [0.25, 0.3) is 11.1 Å². The maximum Gasteiger partial charge on any atom is 0.144 e. The highest BCUT2D eigenvalue weighted by Crippen LogP contribution is 2.31. The number of benzene rings is 2. The molecule has 1 aliphatic heterocycles. The van der Waals surface area contributed by atoms with Gasteiger partial charge < -0.3 is 14.4 Å². The molecule has 3 aromatic rings. The molecule has 0 saturated carbocycles. The lowest BCUT2D eigenvalue weighted by Gasteiger charge is -2.26. The number of nitrogens with one attached hydrogen (secondary N) is 1. The first-order valence-electron chi connectivity index (χ1n) is 12.0. The molecule has 186 valence electrons. The lowest BCUT2D eigenvalue weighted by atomic mass is 9.89. The number of ketones is 1. The number of fused-ring (bicyclic) bond motifs is 1. The molecule has 2 aromatic carbocycles. The van der Waals surface area contributed by atoms with Gasteiger partial charge in [0, 0.05) is 44.6 Å². The smallest absolute Gasteiger partial charge is 0.144 e. The van der Waals surface area contributed by atoms with Crippen molar-refractivity contribution in [2.24, 2.45) is 5.92 Å². The monoisotopic (exact) mass is 475 g/mol. The van der Waals surface area contributed by atoms with Gasteiger partial charge in [-0.05, 0) is 35.2 Å². The maximum atomic E-state index is 13.1. The van der Waals surface area contributed by atoms with Crippen molar-refractivity contribution in [1.29, 1.82) is 0 Å². The standard InChI is InChI=1S/C24H27N3O3.C3H8.C2H2/c1-27(9-10-29-2)22-12-17(21-14-25-26-15-21)7-8-18(22)13-23(28)20-11-19-5-3-4-6-24(19)30-16-20;1-3-2;1-2/h3-8,12,14-15,20H,9-11,13,16H2,1-2H3,(H,25,26);3H2,1-2H3;1-2H. The number of likely N-dealkylation sites (N-methyl/N-ethyl adjacent to an activating group) is 1. The molecule has 0 saturated heterocycles. The highest BCUT2D eigenvalue weighted by Gasteiger charge is 2.26. The minimum atomic E-state index is -0.120. The van der Waals surface area contributed by atoms with Crippen LogP contribution in [0.3, 0.4) is 0 Å². The van der Waals surface area contributed by atoms with Gasteiger partial charge in [0.15, 0.2) is 0 Å². The molecule has 0 spiro atoms. The van der Waals surface area contributed by atoms with Gasteiger partial charge >= 0.3 is 0 Å². The molecule has 0 amide bonds. The van der Waals surface area contributed by atoms with E-state index in [2.05, 4.69) is 53.9 Å². The quantitative estimate of drug-likeness (QED) is 0.454. The lowest BCUT2D eigenvalue weighted by Crippen LogP contribution is -2.30. The molecule has 6 nitrogen and oxygen atoms in total. The summed E-state index contributed by atoms with van der Waals surface area (Å²) in [6.45, 7) is 6.05. The van der Waals surface area contributed by atoms with Gasteiger partial charge in [-0.2, -0.15) is 5.10 Å². The number of nitrogens with zero attached hydrogens (tertiary/aromatic N) is 2. The molecule has 0 bridgehead atoms. The summed E-state index contributed by atoms with van der Waals surface area (Å²) in [7, 11) is 3.72. The Morgan fingerprint density at radius 1 is 1.20 bits per heavy atom. The Bertz CT molecular complexity index is 1060. The second-order valence-electron chi connectivity index (χ2n) is 8.41. The van der Waals surface area contributed by atoms with E-state index < -0.39 is 0 Å². The van der Waals surface area contributed by atoms with E-state index in [1.54, 1.807) is 13.3 Å². The van der Waals surface area contributed by atoms with E-state index >= 15 is 0 Å². The summed E-state index contributed by atoms with van der Waals surface area (Å²) in [5, 5.41) is 6.90. The zero-order valence-electron chi connectivity index (χ0n) is 21.3. The van der Waals surface area contributed by atoms with Crippen LogP contribution in [0.2, 0.25) is 0 Å². The first-order chi connectivity index (χ1) is 17.1. The minimum Gasteiger partial charge on any atom is -0.493 e. The third-order valence-corrected chi connectivity index (χ3v) is 5.66. The number of aromatic amines is 1. The van der Waals surface area contributed by atoms with Gasteiger partial charge in [-0.25, -0.2) is 0 Å². The Hall–Kier alpha value is -3.56. The van der Waals surface area contributed by atoms with Gasteiger partial charge in [-0.1, -0.05) is 50.6 Å². The molecule has 1 aromatic heterocycles. The van der Waals surface area contributed by atoms with Crippen LogP contribution in [0, 0.1) is 18.8 Å². The highest BCUT2D eigenvalue weighted by atomic mass is 16.5. The number of rotatable bonds is 8. The van der Waals surface area contributed by atoms with Crippen molar-refractivity contribution < 1.29 is 14.3 Å². The summed E-state index contributed by atoms with van der Waals surface area (Å²) in [4.78, 5) is 15.3. The number of Topliss-reactive ketones (excluding diaryl/α,β-unsaturated/α-hetero) is 1. The maximum absolute atomic E-state index is 13.1. The number of anilines is 1. The van der Waals surface area contributed by atoms with Crippen molar-refractivity contribution in [3.05, 3.63) is 66.0 Å². The zero-order chi connectivity index (χ0) is 25.6. The number of terminal acetylenes is 1. The van der Waals surface area contributed by atoms with E-state index in [-0.39, 0.29) is 11.7 Å². The number of hydrogen-bond donors (Lipinski definition) is 1. The number of para-hydroxylation sites is 1. The highest BCUT2D eigenvalue weighted by molar-refractivity contribution is 5.86. The van der Waals surface area contributed by atoms with Crippen LogP contribution in [0.4, 0.5) is 5.69 Å². The Labute approximate surface area is 209 Å². The first kappa shape index (κ1) is 27.7. The summed E-state index contributed by atoms with van der Waals surface area (Å²) in [6, 6.07) is 14.2. The number of carbonyl (C=O) groups is 1. The minimum absolute atomic E-state index is 0.120. The van der Waals surface area contributed by atoms with Crippen LogP contribution in [-0.2, 0) is 22.4 Å². The van der Waals surface area contributed by atoms with E-state index in [0.29, 0.717) is 19.6 Å². The fraction of sp³-hybridized carbons (Fsp3) is 0.379. The zero-order valence-corrected chi connectivity index (χ0v) is 21.3. The molecule has 1 aliphatic rings. The lowest BCUT2D eigenvalue weighted by molar-refractivity contribution is -0.123. The second-order valence-corrected chi connectivity index (χ2v) is 8.41. The van der Waals surface area contributed by atoms with Crippen molar-refractivity contribution in [2.45, 2.75) is 33.1 Å². The molecule has 1 unspecified atom stereocenters. The molecule has 4 rings (SSSR count). The van der Waals surface area contributed by atoms with Crippen molar-refractivity contribution >= 4 is 11.5 Å². The molecule has 35 heavy (non-hydrogen) atoms. The third kappa shape index (κ3) is 7.73. The Balaban J connectivity index is 0.000000803. The van der Waals surface area contributed by atoms with Crippen LogP contribution in [-0.4, -0.2) is 49.9 Å². The average Bonchev–Trinajstić information content (AvgIpc) is 3.44. The molecule has 0 aliphatic carbocycles. The van der Waals surface area contributed by atoms with Crippen molar-refractivity contribution in [3.63, 3.8) is 0 Å². The molecule has 1 N–H and O–H groups in total. The molecule has 2 heterocycles. The number of hydrogen-bond acceptors (Lipinski definition) is 5. The van der Waals surface area contributed by atoms with Crippen molar-refractivity contribution in [2.75, 3.05) is 38.8 Å². The molecule has 1 atom stereocenters.